The summed E-state index contributed by atoms with van der Waals surface area (Å²) in [6.07, 6.45) is 4.03. The minimum atomic E-state index is -2.40. The normalized spacial score (nSPS) is 18.7. The largest absolute Gasteiger partial charge is 0.393 e. The smallest absolute Gasteiger partial charge is 0.349 e. The van der Waals surface area contributed by atoms with Gasteiger partial charge in [0.25, 0.3) is 0 Å². The van der Waals surface area contributed by atoms with E-state index in [0.29, 0.717) is 0 Å². The van der Waals surface area contributed by atoms with Crippen LogP contribution >= 0.6 is 0 Å². The molecule has 1 aromatic carbocycles. The van der Waals surface area contributed by atoms with Crippen LogP contribution in [0.2, 0.25) is 10.1 Å². The summed E-state index contributed by atoms with van der Waals surface area (Å²) in [6, 6.07) is 10.2. The van der Waals surface area contributed by atoms with Crippen LogP contribution in [-0.4, -0.2) is 21.8 Å². The Kier molecular flexibility index (Phi) is 7.02. The molecule has 3 heteroatoms. The SMILES string of the molecule is CC(C)=CCC1(CC#Cc2ccccc2)CO[Si](C(C)(C)C)(C(C)(C)C)OC1. The molecule has 0 spiro atoms. The van der Waals surface area contributed by atoms with E-state index in [0.717, 1.165) is 31.6 Å². The Labute approximate surface area is 174 Å². The maximum absolute atomic E-state index is 6.77. The highest BCUT2D eigenvalue weighted by Gasteiger charge is 2.61. The Bertz CT molecular complexity index is 711. The lowest BCUT2D eigenvalue weighted by Gasteiger charge is -2.55. The molecule has 0 atom stereocenters. The molecule has 0 N–H and O–H groups in total. The van der Waals surface area contributed by atoms with Gasteiger partial charge >= 0.3 is 8.56 Å². The quantitative estimate of drug-likeness (QED) is 0.314. The standard InChI is InChI=1S/C25H38O2Si/c1-21(2)16-18-25(17-12-15-22-13-10-9-11-14-22)19-26-28(27-20-25,23(3,4)5)24(6,7)8/h9-11,13-14,16H,17-20H2,1-8H3. The van der Waals surface area contributed by atoms with Crippen LogP contribution in [0.1, 0.15) is 73.8 Å². The number of rotatable bonds is 3. The van der Waals surface area contributed by atoms with Gasteiger partial charge in [-0.25, -0.2) is 0 Å². The molecule has 154 valence electrons. The van der Waals surface area contributed by atoms with Gasteiger partial charge in [0.15, 0.2) is 0 Å². The van der Waals surface area contributed by atoms with Crippen LogP contribution in [0.25, 0.3) is 0 Å². The van der Waals surface area contributed by atoms with Gasteiger partial charge in [0.2, 0.25) is 0 Å². The highest BCUT2D eigenvalue weighted by Crippen LogP contribution is 2.55. The molecule has 0 amide bonds. The summed E-state index contributed by atoms with van der Waals surface area (Å²) < 4.78 is 13.5. The van der Waals surface area contributed by atoms with Gasteiger partial charge in [-0.15, -0.1) is 0 Å². The van der Waals surface area contributed by atoms with E-state index in [9.17, 15) is 0 Å². The van der Waals surface area contributed by atoms with Gasteiger partial charge in [-0.2, -0.15) is 0 Å². The summed E-state index contributed by atoms with van der Waals surface area (Å²) >= 11 is 0. The molecule has 2 rings (SSSR count). The first-order valence-corrected chi connectivity index (χ1v) is 12.2. The van der Waals surface area contributed by atoms with E-state index >= 15 is 0 Å². The number of benzene rings is 1. The first kappa shape index (κ1) is 22.9. The third-order valence-corrected chi connectivity index (χ3v) is 10.6. The van der Waals surface area contributed by atoms with Crippen molar-refractivity contribution in [1.29, 1.82) is 0 Å². The third kappa shape index (κ3) is 5.17. The Morgan fingerprint density at radius 2 is 1.54 bits per heavy atom. The lowest BCUT2D eigenvalue weighted by atomic mass is 9.82. The molecule has 2 nitrogen and oxygen atoms in total. The van der Waals surface area contributed by atoms with Crippen molar-refractivity contribution in [1.82, 2.24) is 0 Å². The summed E-state index contributed by atoms with van der Waals surface area (Å²) in [7, 11) is -2.40. The number of hydrogen-bond acceptors (Lipinski definition) is 2. The zero-order valence-electron chi connectivity index (χ0n) is 19.1. The summed E-state index contributed by atoms with van der Waals surface area (Å²) in [5, 5.41) is 0.0350. The van der Waals surface area contributed by atoms with Gasteiger partial charge in [0.1, 0.15) is 0 Å². The van der Waals surface area contributed by atoms with Crippen molar-refractivity contribution in [3.63, 3.8) is 0 Å². The third-order valence-electron chi connectivity index (χ3n) is 5.55. The number of hydrogen-bond donors (Lipinski definition) is 0. The van der Waals surface area contributed by atoms with Crippen molar-refractivity contribution in [3.8, 4) is 11.8 Å². The van der Waals surface area contributed by atoms with Crippen molar-refractivity contribution >= 4 is 8.56 Å². The summed E-state index contributed by atoms with van der Waals surface area (Å²) in [5.41, 5.74) is 2.31. The van der Waals surface area contributed by atoms with Crippen LogP contribution in [0.15, 0.2) is 42.0 Å². The summed E-state index contributed by atoms with van der Waals surface area (Å²) in [6.45, 7) is 19.3. The monoisotopic (exact) mass is 398 g/mol. The molecule has 0 aromatic heterocycles. The molecule has 0 unspecified atom stereocenters. The fourth-order valence-electron chi connectivity index (χ4n) is 4.15. The maximum Gasteiger partial charge on any atom is 0.349 e. The zero-order chi connectivity index (χ0) is 21.1. The maximum atomic E-state index is 6.77. The van der Waals surface area contributed by atoms with Gasteiger partial charge < -0.3 is 8.85 Å². The summed E-state index contributed by atoms with van der Waals surface area (Å²) in [4.78, 5) is 0. The molecular weight excluding hydrogens is 360 g/mol. The van der Waals surface area contributed by atoms with E-state index in [1.165, 1.54) is 5.57 Å². The van der Waals surface area contributed by atoms with Crippen LogP contribution in [0.4, 0.5) is 0 Å². The summed E-state index contributed by atoms with van der Waals surface area (Å²) in [5.74, 6) is 6.73. The van der Waals surface area contributed by atoms with Crippen LogP contribution in [0.5, 0.6) is 0 Å². The van der Waals surface area contributed by atoms with Crippen LogP contribution in [-0.2, 0) is 8.85 Å². The minimum absolute atomic E-state index is 0.0175. The lowest BCUT2D eigenvalue weighted by molar-refractivity contribution is -0.0251. The fraction of sp³-hybridized carbons (Fsp3) is 0.600. The average molecular weight is 399 g/mol. The van der Waals surface area contributed by atoms with E-state index in [1.54, 1.807) is 0 Å². The van der Waals surface area contributed by atoms with E-state index in [-0.39, 0.29) is 15.5 Å². The van der Waals surface area contributed by atoms with Crippen LogP contribution in [0.3, 0.4) is 0 Å². The van der Waals surface area contributed by atoms with Gasteiger partial charge in [0.05, 0.1) is 0 Å². The van der Waals surface area contributed by atoms with Crippen molar-refractivity contribution in [3.05, 3.63) is 47.5 Å². The second kappa shape index (κ2) is 8.57. The molecule has 1 aliphatic heterocycles. The minimum Gasteiger partial charge on any atom is -0.393 e. The zero-order valence-corrected chi connectivity index (χ0v) is 20.1. The molecule has 1 aliphatic rings. The van der Waals surface area contributed by atoms with E-state index < -0.39 is 8.56 Å². The molecule has 1 aromatic rings. The van der Waals surface area contributed by atoms with Gasteiger partial charge in [0, 0.05) is 40.7 Å². The lowest BCUT2D eigenvalue weighted by Crippen LogP contribution is -2.63. The molecule has 0 aliphatic carbocycles. The van der Waals surface area contributed by atoms with Gasteiger partial charge in [-0.3, -0.25) is 0 Å². The van der Waals surface area contributed by atoms with Crippen molar-refractivity contribution in [2.75, 3.05) is 13.2 Å². The molecule has 1 saturated heterocycles. The molecule has 1 fully saturated rings. The second-order valence-corrected chi connectivity index (χ2v) is 15.3. The molecular formula is C25H38O2Si. The Hall–Kier alpha value is -1.34. The predicted octanol–water partition coefficient (Wildman–Crippen LogP) is 6.86. The molecule has 1 heterocycles. The topological polar surface area (TPSA) is 18.5 Å². The highest BCUT2D eigenvalue weighted by atomic mass is 28.4. The van der Waals surface area contributed by atoms with Gasteiger partial charge in [-0.1, -0.05) is 83.2 Å². The van der Waals surface area contributed by atoms with Crippen molar-refractivity contribution in [2.24, 2.45) is 5.41 Å². The molecule has 0 radical (unpaired) electrons. The number of allylic oxidation sites excluding steroid dienone is 2. The molecule has 0 saturated carbocycles. The first-order valence-electron chi connectivity index (χ1n) is 10.4. The molecule has 28 heavy (non-hydrogen) atoms. The predicted molar refractivity (Wildman–Crippen MR) is 122 cm³/mol. The Balaban J connectivity index is 2.26. The van der Waals surface area contributed by atoms with E-state index in [4.69, 9.17) is 8.85 Å². The van der Waals surface area contributed by atoms with Crippen molar-refractivity contribution < 1.29 is 8.85 Å². The van der Waals surface area contributed by atoms with Gasteiger partial charge in [-0.05, 0) is 32.4 Å². The Morgan fingerprint density at radius 3 is 2.00 bits per heavy atom. The molecule has 0 bridgehead atoms. The van der Waals surface area contributed by atoms with E-state index in [2.05, 4.69) is 85.4 Å². The van der Waals surface area contributed by atoms with E-state index in [1.807, 2.05) is 18.2 Å². The van der Waals surface area contributed by atoms with Crippen molar-refractivity contribution in [2.45, 2.75) is 78.3 Å². The average Bonchev–Trinajstić information content (AvgIpc) is 2.60. The first-order chi connectivity index (χ1) is 12.9. The fourth-order valence-corrected chi connectivity index (χ4v) is 9.24. The second-order valence-electron chi connectivity index (χ2n) is 10.5. The van der Waals surface area contributed by atoms with Crippen LogP contribution < -0.4 is 0 Å². The van der Waals surface area contributed by atoms with Crippen LogP contribution in [0, 0.1) is 17.3 Å². The highest BCUT2D eigenvalue weighted by molar-refractivity contribution is 6.73. The Morgan fingerprint density at radius 1 is 1.00 bits per heavy atom.